The molecule has 1 rings (SSSR count). The molecule has 272 valence electrons. The minimum atomic E-state index is -0.773. The lowest BCUT2D eigenvalue weighted by Gasteiger charge is -2.21. The standard InChI is InChI=1S/C42H82N2O2/c1-3-5-7-9-11-13-15-17-19-21-23-25-27-29-31-33-35-42-43-37-39-44(42)38-36-41(46)40(45)34-32-30-28-26-24-22-20-18-16-14-12-10-8-6-4-2/h40,45H,3-39H2,1-2H3. The van der Waals surface area contributed by atoms with E-state index in [1.54, 1.807) is 0 Å². The SMILES string of the molecule is CCCCCCCCCCCCCCCCCCC1=NCCN1CCC(=O)C(O)CCCCCCCCCCCCCCCCC. The molecule has 0 fully saturated rings. The van der Waals surface area contributed by atoms with Gasteiger partial charge in [0.1, 0.15) is 6.10 Å². The second kappa shape index (κ2) is 34.0. The molecule has 1 heterocycles. The highest BCUT2D eigenvalue weighted by molar-refractivity contribution is 5.86. The molecule has 0 saturated heterocycles. The third kappa shape index (κ3) is 27.1. The zero-order valence-electron chi connectivity index (χ0n) is 31.5. The lowest BCUT2D eigenvalue weighted by molar-refractivity contribution is -0.127. The Morgan fingerprint density at radius 3 is 1.30 bits per heavy atom. The molecule has 1 aliphatic rings. The van der Waals surface area contributed by atoms with E-state index in [1.165, 1.54) is 192 Å². The molecule has 0 aromatic rings. The molecule has 0 aromatic carbocycles. The highest BCUT2D eigenvalue weighted by Gasteiger charge is 2.20. The molecule has 46 heavy (non-hydrogen) atoms. The average Bonchev–Trinajstić information content (AvgIpc) is 3.52. The number of hydrogen-bond acceptors (Lipinski definition) is 4. The van der Waals surface area contributed by atoms with E-state index in [0.717, 1.165) is 38.9 Å². The number of carbonyl (C=O) groups excluding carboxylic acids is 1. The summed E-state index contributed by atoms with van der Waals surface area (Å²) >= 11 is 0. The number of rotatable bonds is 37. The second-order valence-electron chi connectivity index (χ2n) is 14.8. The summed E-state index contributed by atoms with van der Waals surface area (Å²) in [6.45, 7) is 7.11. The summed E-state index contributed by atoms with van der Waals surface area (Å²) in [7, 11) is 0. The molecule has 1 N–H and O–H groups in total. The summed E-state index contributed by atoms with van der Waals surface area (Å²) in [5.74, 6) is 1.23. The van der Waals surface area contributed by atoms with Crippen LogP contribution in [0.1, 0.15) is 232 Å². The number of aliphatic hydroxyl groups is 1. The summed E-state index contributed by atoms with van der Waals surface area (Å²) < 4.78 is 0. The van der Waals surface area contributed by atoms with Gasteiger partial charge in [0.05, 0.1) is 12.4 Å². The van der Waals surface area contributed by atoms with E-state index < -0.39 is 6.10 Å². The molecule has 0 aromatic heterocycles. The van der Waals surface area contributed by atoms with Crippen molar-refractivity contribution in [2.75, 3.05) is 19.6 Å². The lowest BCUT2D eigenvalue weighted by Crippen LogP contribution is -2.32. The molecule has 0 amide bonds. The summed E-state index contributed by atoms with van der Waals surface area (Å²) in [6, 6.07) is 0. The minimum absolute atomic E-state index is 0.0269. The van der Waals surface area contributed by atoms with Gasteiger partial charge in [-0.1, -0.05) is 206 Å². The molecule has 0 radical (unpaired) electrons. The van der Waals surface area contributed by atoms with E-state index in [0.29, 0.717) is 12.8 Å². The first-order valence-corrected chi connectivity index (χ1v) is 21.2. The van der Waals surface area contributed by atoms with E-state index in [-0.39, 0.29) is 5.78 Å². The maximum Gasteiger partial charge on any atom is 0.163 e. The molecular weight excluding hydrogens is 564 g/mol. The van der Waals surface area contributed by atoms with Crippen LogP contribution in [0.5, 0.6) is 0 Å². The average molecular weight is 647 g/mol. The van der Waals surface area contributed by atoms with Gasteiger partial charge in [-0.2, -0.15) is 0 Å². The number of aliphatic imine (C=N–C) groups is 1. The Balaban J connectivity index is 1.90. The monoisotopic (exact) mass is 647 g/mol. The van der Waals surface area contributed by atoms with Crippen molar-refractivity contribution in [1.29, 1.82) is 0 Å². The van der Waals surface area contributed by atoms with Crippen LogP contribution in [-0.2, 0) is 4.79 Å². The van der Waals surface area contributed by atoms with Crippen LogP contribution in [0, 0.1) is 0 Å². The Labute approximate surface area is 288 Å². The van der Waals surface area contributed by atoms with Crippen LogP contribution in [0.3, 0.4) is 0 Å². The number of ketones is 1. The Hall–Kier alpha value is -0.900. The van der Waals surface area contributed by atoms with Gasteiger partial charge < -0.3 is 10.0 Å². The van der Waals surface area contributed by atoms with E-state index in [4.69, 9.17) is 4.99 Å². The number of amidine groups is 1. The summed E-state index contributed by atoms with van der Waals surface area (Å²) in [5.41, 5.74) is 0. The minimum Gasteiger partial charge on any atom is -0.385 e. The Bertz CT molecular complexity index is 679. The van der Waals surface area contributed by atoms with Crippen LogP contribution in [0.2, 0.25) is 0 Å². The summed E-state index contributed by atoms with van der Waals surface area (Å²) in [6.07, 6.45) is 43.8. The largest absolute Gasteiger partial charge is 0.385 e. The van der Waals surface area contributed by atoms with Crippen LogP contribution < -0.4 is 0 Å². The Kier molecular flexibility index (Phi) is 31.9. The second-order valence-corrected chi connectivity index (χ2v) is 14.8. The highest BCUT2D eigenvalue weighted by Crippen LogP contribution is 2.17. The number of carbonyl (C=O) groups is 1. The highest BCUT2D eigenvalue weighted by atomic mass is 16.3. The predicted octanol–water partition coefficient (Wildman–Crippen LogP) is 12.9. The van der Waals surface area contributed by atoms with Crippen molar-refractivity contribution in [3.05, 3.63) is 0 Å². The number of hydrogen-bond donors (Lipinski definition) is 1. The fourth-order valence-electron chi connectivity index (χ4n) is 7.12. The molecular formula is C42H82N2O2. The van der Waals surface area contributed by atoms with Crippen LogP contribution in [0.25, 0.3) is 0 Å². The van der Waals surface area contributed by atoms with E-state index >= 15 is 0 Å². The Morgan fingerprint density at radius 1 is 0.565 bits per heavy atom. The van der Waals surface area contributed by atoms with Crippen molar-refractivity contribution in [3.63, 3.8) is 0 Å². The van der Waals surface area contributed by atoms with Gasteiger partial charge in [-0.25, -0.2) is 0 Å². The van der Waals surface area contributed by atoms with Gasteiger partial charge in [-0.15, -0.1) is 0 Å². The topological polar surface area (TPSA) is 52.9 Å². The zero-order chi connectivity index (χ0) is 33.2. The van der Waals surface area contributed by atoms with Gasteiger partial charge in [0.2, 0.25) is 0 Å². The predicted molar refractivity (Wildman–Crippen MR) is 203 cm³/mol. The van der Waals surface area contributed by atoms with Gasteiger partial charge in [0, 0.05) is 25.9 Å². The molecule has 0 bridgehead atoms. The van der Waals surface area contributed by atoms with Crippen molar-refractivity contribution in [2.45, 2.75) is 238 Å². The maximum atomic E-state index is 12.6. The van der Waals surface area contributed by atoms with Crippen molar-refractivity contribution < 1.29 is 9.90 Å². The van der Waals surface area contributed by atoms with E-state index in [2.05, 4.69) is 18.7 Å². The number of unbranched alkanes of at least 4 members (excludes halogenated alkanes) is 29. The van der Waals surface area contributed by atoms with Crippen molar-refractivity contribution in [2.24, 2.45) is 4.99 Å². The summed E-state index contributed by atoms with van der Waals surface area (Å²) in [4.78, 5) is 19.6. The fraction of sp³-hybridized carbons (Fsp3) is 0.952. The zero-order valence-corrected chi connectivity index (χ0v) is 31.5. The van der Waals surface area contributed by atoms with Crippen molar-refractivity contribution in [1.82, 2.24) is 4.90 Å². The van der Waals surface area contributed by atoms with Gasteiger partial charge in [0.15, 0.2) is 5.78 Å². The van der Waals surface area contributed by atoms with Crippen LogP contribution in [0.4, 0.5) is 0 Å². The van der Waals surface area contributed by atoms with Crippen LogP contribution >= 0.6 is 0 Å². The van der Waals surface area contributed by atoms with E-state index in [1.807, 2.05) is 0 Å². The fourth-order valence-corrected chi connectivity index (χ4v) is 7.12. The normalized spacial score (nSPS) is 13.9. The van der Waals surface area contributed by atoms with Gasteiger partial charge in [-0.3, -0.25) is 9.79 Å². The first kappa shape index (κ1) is 43.1. The molecule has 4 nitrogen and oxygen atoms in total. The van der Waals surface area contributed by atoms with Gasteiger partial charge >= 0.3 is 0 Å². The van der Waals surface area contributed by atoms with Crippen LogP contribution in [0.15, 0.2) is 4.99 Å². The third-order valence-corrected chi connectivity index (χ3v) is 10.4. The number of aliphatic hydroxyl groups excluding tert-OH is 1. The van der Waals surface area contributed by atoms with Crippen molar-refractivity contribution in [3.8, 4) is 0 Å². The first-order chi connectivity index (χ1) is 22.7. The van der Waals surface area contributed by atoms with Crippen molar-refractivity contribution >= 4 is 11.6 Å². The van der Waals surface area contributed by atoms with E-state index in [9.17, 15) is 9.90 Å². The molecule has 1 aliphatic heterocycles. The number of Topliss-reactive ketones (excluding diaryl/α,β-unsaturated/α-hetero) is 1. The molecule has 4 heteroatoms. The maximum absolute atomic E-state index is 12.6. The Morgan fingerprint density at radius 2 is 0.913 bits per heavy atom. The molecule has 0 saturated carbocycles. The molecule has 0 aliphatic carbocycles. The van der Waals surface area contributed by atoms with Gasteiger partial charge in [0.25, 0.3) is 0 Å². The van der Waals surface area contributed by atoms with Crippen LogP contribution in [-0.4, -0.2) is 47.4 Å². The quantitative estimate of drug-likeness (QED) is 0.0683. The van der Waals surface area contributed by atoms with Gasteiger partial charge in [-0.05, 0) is 12.8 Å². The first-order valence-electron chi connectivity index (χ1n) is 21.2. The summed E-state index contributed by atoms with van der Waals surface area (Å²) in [5, 5.41) is 10.4. The lowest BCUT2D eigenvalue weighted by atomic mass is 10.0. The number of nitrogens with zero attached hydrogens (tertiary/aromatic N) is 2. The smallest absolute Gasteiger partial charge is 0.163 e. The third-order valence-electron chi connectivity index (χ3n) is 10.4. The molecule has 1 atom stereocenters. The molecule has 0 spiro atoms. The molecule has 1 unspecified atom stereocenters.